The highest BCUT2D eigenvalue weighted by Gasteiger charge is 2.32. The maximum absolute atomic E-state index is 13.3. The third-order valence-electron chi connectivity index (χ3n) is 5.28. The lowest BCUT2D eigenvalue weighted by Gasteiger charge is -2.17. The number of benzene rings is 2. The van der Waals surface area contributed by atoms with Gasteiger partial charge in [0, 0.05) is 30.8 Å². The molecule has 152 valence electrons. The highest BCUT2D eigenvalue weighted by molar-refractivity contribution is 6.01. The zero-order chi connectivity index (χ0) is 20.7. The van der Waals surface area contributed by atoms with Crippen molar-refractivity contribution in [3.8, 4) is 11.3 Å². The van der Waals surface area contributed by atoms with Crippen LogP contribution in [-0.2, 0) is 0 Å². The minimum absolute atomic E-state index is 0.0211. The van der Waals surface area contributed by atoms with E-state index in [1.807, 2.05) is 30.3 Å². The van der Waals surface area contributed by atoms with Crippen LogP contribution in [0.5, 0.6) is 0 Å². The lowest BCUT2D eigenvalue weighted by Crippen LogP contribution is -2.32. The molecule has 2 aromatic heterocycles. The zero-order valence-corrected chi connectivity index (χ0v) is 16.3. The molecule has 8 heteroatoms. The number of aryl methyl sites for hydroxylation is 1. The van der Waals surface area contributed by atoms with Crippen LogP contribution in [0.25, 0.3) is 22.4 Å². The number of hydrogen-bond acceptors (Lipinski definition) is 6. The Morgan fingerprint density at radius 3 is 2.90 bits per heavy atom. The van der Waals surface area contributed by atoms with Crippen molar-refractivity contribution in [1.82, 2.24) is 15.0 Å². The summed E-state index contributed by atoms with van der Waals surface area (Å²) in [6, 6.07) is 14.0. The molecule has 1 fully saturated rings. The Hall–Kier alpha value is -3.68. The third kappa shape index (κ3) is 3.30. The average Bonchev–Trinajstić information content (AvgIpc) is 3.46. The van der Waals surface area contributed by atoms with Gasteiger partial charge in [0.05, 0.1) is 0 Å². The van der Waals surface area contributed by atoms with Crippen LogP contribution in [0.4, 0.5) is 10.4 Å². The van der Waals surface area contributed by atoms with Crippen molar-refractivity contribution in [3.63, 3.8) is 0 Å². The topological polar surface area (TPSA) is 84.4 Å². The Kier molecular flexibility index (Phi) is 4.46. The van der Waals surface area contributed by atoms with E-state index in [1.165, 1.54) is 12.1 Å². The highest BCUT2D eigenvalue weighted by Crippen LogP contribution is 2.28. The summed E-state index contributed by atoms with van der Waals surface area (Å²) >= 11 is 0. The van der Waals surface area contributed by atoms with Crippen LogP contribution in [0.15, 0.2) is 57.5 Å². The van der Waals surface area contributed by atoms with Crippen LogP contribution in [0.3, 0.4) is 0 Å². The lowest BCUT2D eigenvalue weighted by molar-refractivity contribution is 0.0790. The number of carbonyl (C=O) groups is 1. The number of fused-ring (bicyclic) bond motifs is 1. The normalized spacial score (nSPS) is 16.3. The second-order valence-corrected chi connectivity index (χ2v) is 7.34. The summed E-state index contributed by atoms with van der Waals surface area (Å²) in [6.07, 6.45) is 0.740. The number of amides is 1. The molecule has 0 radical (unpaired) electrons. The third-order valence-corrected chi connectivity index (χ3v) is 5.28. The molecule has 1 aliphatic heterocycles. The number of rotatable bonds is 4. The second kappa shape index (κ2) is 7.29. The first-order valence-corrected chi connectivity index (χ1v) is 9.72. The number of aromatic nitrogens is 2. The fourth-order valence-corrected chi connectivity index (χ4v) is 3.77. The first kappa shape index (κ1) is 18.4. The molecule has 4 aromatic rings. The largest absolute Gasteiger partial charge is 0.423 e. The van der Waals surface area contributed by atoms with Crippen molar-refractivity contribution in [3.05, 3.63) is 65.7 Å². The quantitative estimate of drug-likeness (QED) is 0.545. The minimum atomic E-state index is -0.374. The van der Waals surface area contributed by atoms with Crippen LogP contribution in [0, 0.1) is 12.7 Å². The van der Waals surface area contributed by atoms with Crippen LogP contribution in [0.1, 0.15) is 22.5 Å². The van der Waals surface area contributed by atoms with Gasteiger partial charge in [0.15, 0.2) is 5.58 Å². The number of halogens is 1. The Bertz CT molecular complexity index is 1220. The van der Waals surface area contributed by atoms with Gasteiger partial charge in [-0.05, 0) is 25.5 Å². The Morgan fingerprint density at radius 2 is 2.07 bits per heavy atom. The average molecular weight is 406 g/mol. The van der Waals surface area contributed by atoms with Crippen molar-refractivity contribution in [2.45, 2.75) is 19.4 Å². The molecule has 1 amide bonds. The van der Waals surface area contributed by atoms with E-state index in [4.69, 9.17) is 8.94 Å². The first-order chi connectivity index (χ1) is 14.6. The molecule has 1 saturated heterocycles. The number of nitrogens with zero attached hydrogens (tertiary/aromatic N) is 3. The number of likely N-dealkylation sites (tertiary alicyclic amines) is 1. The lowest BCUT2D eigenvalue weighted by atomic mass is 10.1. The first-order valence-electron chi connectivity index (χ1n) is 9.72. The molecule has 2 aromatic carbocycles. The molecule has 7 nitrogen and oxygen atoms in total. The van der Waals surface area contributed by atoms with Crippen molar-refractivity contribution in [1.29, 1.82) is 0 Å². The maximum Gasteiger partial charge on any atom is 0.295 e. The number of carbonyl (C=O) groups excluding carboxylic acids is 1. The van der Waals surface area contributed by atoms with E-state index < -0.39 is 0 Å². The molecule has 3 heterocycles. The summed E-state index contributed by atoms with van der Waals surface area (Å²) in [5, 5.41) is 7.31. The van der Waals surface area contributed by atoms with Crippen LogP contribution >= 0.6 is 0 Å². The van der Waals surface area contributed by atoms with E-state index in [1.54, 1.807) is 17.9 Å². The van der Waals surface area contributed by atoms with Gasteiger partial charge in [0.2, 0.25) is 0 Å². The van der Waals surface area contributed by atoms with Gasteiger partial charge in [-0.15, -0.1) is 0 Å². The minimum Gasteiger partial charge on any atom is -0.423 e. The summed E-state index contributed by atoms with van der Waals surface area (Å²) in [7, 11) is 0. The van der Waals surface area contributed by atoms with Gasteiger partial charge in [0.1, 0.15) is 28.4 Å². The van der Waals surface area contributed by atoms with Crippen molar-refractivity contribution in [2.75, 3.05) is 18.4 Å². The highest BCUT2D eigenvalue weighted by atomic mass is 19.1. The van der Waals surface area contributed by atoms with Gasteiger partial charge in [-0.25, -0.2) is 4.39 Å². The molecule has 5 rings (SSSR count). The van der Waals surface area contributed by atoms with E-state index in [0.29, 0.717) is 47.2 Å². The molecule has 0 bridgehead atoms. The Morgan fingerprint density at radius 1 is 1.23 bits per heavy atom. The van der Waals surface area contributed by atoms with Crippen molar-refractivity contribution >= 4 is 23.0 Å². The molecule has 0 saturated carbocycles. The van der Waals surface area contributed by atoms with E-state index in [9.17, 15) is 9.18 Å². The SMILES string of the molecule is Cc1onc(-c2ccccc2)c1C(=O)N1CC[C@@H](Nc2nc3ccc(F)cc3o2)C1. The number of hydrogen-bond donors (Lipinski definition) is 1. The summed E-state index contributed by atoms with van der Waals surface area (Å²) < 4.78 is 24.3. The molecular formula is C22H19FN4O3. The standard InChI is InChI=1S/C22H19FN4O3/c1-13-19(20(26-30-13)14-5-3-2-4-6-14)21(28)27-10-9-16(12-27)24-22-25-17-8-7-15(23)11-18(17)29-22/h2-8,11,16H,9-10,12H2,1H3,(H,24,25)/t16-/m1/s1. The van der Waals surface area contributed by atoms with E-state index in [2.05, 4.69) is 15.5 Å². The molecule has 30 heavy (non-hydrogen) atoms. The number of oxazole rings is 1. The van der Waals surface area contributed by atoms with E-state index in [0.717, 1.165) is 12.0 Å². The van der Waals surface area contributed by atoms with Gasteiger partial charge in [-0.3, -0.25) is 4.79 Å². The van der Waals surface area contributed by atoms with Crippen LogP contribution in [-0.4, -0.2) is 40.1 Å². The van der Waals surface area contributed by atoms with Crippen LogP contribution in [0.2, 0.25) is 0 Å². The molecular weight excluding hydrogens is 387 g/mol. The Labute approximate surface area is 171 Å². The predicted molar refractivity (Wildman–Crippen MR) is 109 cm³/mol. The van der Waals surface area contributed by atoms with E-state index >= 15 is 0 Å². The van der Waals surface area contributed by atoms with Crippen molar-refractivity contribution in [2.24, 2.45) is 0 Å². The summed E-state index contributed by atoms with van der Waals surface area (Å²) in [6.45, 7) is 2.82. The second-order valence-electron chi connectivity index (χ2n) is 7.34. The monoisotopic (exact) mass is 406 g/mol. The summed E-state index contributed by atoms with van der Waals surface area (Å²) in [4.78, 5) is 19.3. The Balaban J connectivity index is 1.32. The summed E-state index contributed by atoms with van der Waals surface area (Å²) in [5.74, 6) is 0.00827. The number of nitrogens with one attached hydrogen (secondary N) is 1. The van der Waals surface area contributed by atoms with E-state index in [-0.39, 0.29) is 17.8 Å². The smallest absolute Gasteiger partial charge is 0.295 e. The fourth-order valence-electron chi connectivity index (χ4n) is 3.77. The van der Waals surface area contributed by atoms with Crippen molar-refractivity contribution < 1.29 is 18.1 Å². The van der Waals surface area contributed by atoms with Crippen LogP contribution < -0.4 is 5.32 Å². The molecule has 0 spiro atoms. The fraction of sp³-hybridized carbons (Fsp3) is 0.227. The van der Waals surface area contributed by atoms with Gasteiger partial charge in [-0.2, -0.15) is 4.98 Å². The molecule has 1 atom stereocenters. The number of anilines is 1. The molecule has 1 N–H and O–H groups in total. The molecule has 0 unspecified atom stereocenters. The van der Waals surface area contributed by atoms with Gasteiger partial charge in [-0.1, -0.05) is 35.5 Å². The predicted octanol–water partition coefficient (Wildman–Crippen LogP) is 4.26. The van der Waals surface area contributed by atoms with Gasteiger partial charge in [0.25, 0.3) is 11.9 Å². The maximum atomic E-state index is 13.3. The summed E-state index contributed by atoms with van der Waals surface area (Å²) in [5.41, 5.74) is 2.84. The molecule has 0 aliphatic carbocycles. The molecule has 1 aliphatic rings. The zero-order valence-electron chi connectivity index (χ0n) is 16.3. The van der Waals surface area contributed by atoms with Gasteiger partial charge < -0.3 is 19.2 Å². The van der Waals surface area contributed by atoms with Gasteiger partial charge >= 0.3 is 0 Å².